The SMILES string of the molecule is O=C1COCC(=O)N1Cc1cccs1. The molecule has 1 aliphatic heterocycles. The molecule has 14 heavy (non-hydrogen) atoms. The minimum atomic E-state index is -0.255. The topological polar surface area (TPSA) is 46.6 Å². The highest BCUT2D eigenvalue weighted by Gasteiger charge is 2.26. The first-order chi connectivity index (χ1) is 6.77. The zero-order valence-electron chi connectivity index (χ0n) is 7.43. The zero-order chi connectivity index (χ0) is 9.97. The number of amides is 2. The molecule has 0 bridgehead atoms. The van der Waals surface area contributed by atoms with E-state index in [1.165, 1.54) is 16.2 Å². The summed E-state index contributed by atoms with van der Waals surface area (Å²) >= 11 is 1.53. The van der Waals surface area contributed by atoms with Crippen LogP contribution in [0, 0.1) is 0 Å². The maximum Gasteiger partial charge on any atom is 0.255 e. The Balaban J connectivity index is 2.08. The van der Waals surface area contributed by atoms with E-state index in [0.717, 1.165) is 4.88 Å². The van der Waals surface area contributed by atoms with Crippen molar-refractivity contribution in [2.24, 2.45) is 0 Å². The lowest BCUT2D eigenvalue weighted by Gasteiger charge is -2.24. The lowest BCUT2D eigenvalue weighted by Crippen LogP contribution is -2.45. The summed E-state index contributed by atoms with van der Waals surface area (Å²) in [5.41, 5.74) is 0. The summed E-state index contributed by atoms with van der Waals surface area (Å²) in [4.78, 5) is 24.9. The van der Waals surface area contributed by atoms with Gasteiger partial charge in [-0.05, 0) is 11.4 Å². The number of thiophene rings is 1. The van der Waals surface area contributed by atoms with Gasteiger partial charge in [-0.15, -0.1) is 11.3 Å². The van der Waals surface area contributed by atoms with Crippen molar-refractivity contribution in [2.75, 3.05) is 13.2 Å². The van der Waals surface area contributed by atoms with E-state index in [0.29, 0.717) is 6.54 Å². The number of nitrogens with zero attached hydrogens (tertiary/aromatic N) is 1. The van der Waals surface area contributed by atoms with Crippen LogP contribution in [0.3, 0.4) is 0 Å². The van der Waals surface area contributed by atoms with Gasteiger partial charge < -0.3 is 4.74 Å². The van der Waals surface area contributed by atoms with Crippen LogP contribution in [0.2, 0.25) is 0 Å². The molecule has 0 atom stereocenters. The van der Waals surface area contributed by atoms with Gasteiger partial charge in [-0.3, -0.25) is 14.5 Å². The highest BCUT2D eigenvalue weighted by molar-refractivity contribution is 7.09. The number of imide groups is 1. The lowest BCUT2D eigenvalue weighted by molar-refractivity contribution is -0.159. The molecule has 0 spiro atoms. The van der Waals surface area contributed by atoms with E-state index in [9.17, 15) is 9.59 Å². The number of carbonyl (C=O) groups is 2. The molecule has 1 aliphatic rings. The highest BCUT2D eigenvalue weighted by Crippen LogP contribution is 2.13. The second-order valence-electron chi connectivity index (χ2n) is 2.95. The summed E-state index contributed by atoms with van der Waals surface area (Å²) in [5.74, 6) is -0.510. The van der Waals surface area contributed by atoms with E-state index in [1.807, 2.05) is 17.5 Å². The monoisotopic (exact) mass is 211 g/mol. The Kier molecular flexibility index (Phi) is 2.60. The summed E-state index contributed by atoms with van der Waals surface area (Å²) in [6.07, 6.45) is 0. The van der Waals surface area contributed by atoms with Crippen molar-refractivity contribution in [3.05, 3.63) is 22.4 Å². The first-order valence-corrected chi connectivity index (χ1v) is 5.08. The van der Waals surface area contributed by atoms with Crippen LogP contribution >= 0.6 is 11.3 Å². The molecule has 0 N–H and O–H groups in total. The summed E-state index contributed by atoms with van der Waals surface area (Å²) in [6, 6.07) is 3.80. The average Bonchev–Trinajstić information content (AvgIpc) is 2.64. The fraction of sp³-hybridized carbons (Fsp3) is 0.333. The van der Waals surface area contributed by atoms with E-state index in [1.54, 1.807) is 0 Å². The second-order valence-corrected chi connectivity index (χ2v) is 3.98. The van der Waals surface area contributed by atoms with Crippen LogP contribution in [-0.2, 0) is 20.9 Å². The fourth-order valence-corrected chi connectivity index (χ4v) is 1.95. The molecule has 2 amide bonds. The number of hydrogen-bond donors (Lipinski definition) is 0. The number of hydrogen-bond acceptors (Lipinski definition) is 4. The molecular formula is C9H9NO3S. The van der Waals surface area contributed by atoms with Crippen LogP contribution in [0.5, 0.6) is 0 Å². The highest BCUT2D eigenvalue weighted by atomic mass is 32.1. The predicted octanol–water partition coefficient (Wildman–Crippen LogP) is 0.633. The molecule has 0 saturated carbocycles. The molecule has 1 aromatic heterocycles. The second kappa shape index (κ2) is 3.89. The molecular weight excluding hydrogens is 202 g/mol. The van der Waals surface area contributed by atoms with E-state index in [4.69, 9.17) is 4.74 Å². The van der Waals surface area contributed by atoms with Gasteiger partial charge in [-0.2, -0.15) is 0 Å². The minimum Gasteiger partial charge on any atom is -0.362 e. The van der Waals surface area contributed by atoms with Crippen molar-refractivity contribution < 1.29 is 14.3 Å². The van der Waals surface area contributed by atoms with Crippen molar-refractivity contribution >= 4 is 23.2 Å². The van der Waals surface area contributed by atoms with Crippen LogP contribution in [0.1, 0.15) is 4.88 Å². The standard InChI is InChI=1S/C9H9NO3S/c11-8-5-13-6-9(12)10(8)4-7-2-1-3-14-7/h1-3H,4-6H2. The van der Waals surface area contributed by atoms with Crippen LogP contribution in [0.25, 0.3) is 0 Å². The Hall–Kier alpha value is -1.20. The van der Waals surface area contributed by atoms with Gasteiger partial charge in [0.15, 0.2) is 0 Å². The van der Waals surface area contributed by atoms with E-state index in [-0.39, 0.29) is 25.0 Å². The number of carbonyl (C=O) groups excluding carboxylic acids is 2. The summed E-state index contributed by atoms with van der Waals surface area (Å²) < 4.78 is 4.81. The quantitative estimate of drug-likeness (QED) is 0.674. The molecule has 74 valence electrons. The minimum absolute atomic E-state index is 0.0110. The maximum absolute atomic E-state index is 11.3. The van der Waals surface area contributed by atoms with Crippen molar-refractivity contribution in [3.8, 4) is 0 Å². The van der Waals surface area contributed by atoms with Crippen molar-refractivity contribution in [1.82, 2.24) is 4.90 Å². The van der Waals surface area contributed by atoms with Gasteiger partial charge in [0.2, 0.25) is 0 Å². The Morgan fingerprint density at radius 1 is 1.36 bits per heavy atom. The third kappa shape index (κ3) is 1.83. The maximum atomic E-state index is 11.3. The van der Waals surface area contributed by atoms with Gasteiger partial charge in [-0.1, -0.05) is 6.07 Å². The van der Waals surface area contributed by atoms with E-state index < -0.39 is 0 Å². The van der Waals surface area contributed by atoms with Gasteiger partial charge in [0.1, 0.15) is 13.2 Å². The smallest absolute Gasteiger partial charge is 0.255 e. The first kappa shape index (κ1) is 9.36. The van der Waals surface area contributed by atoms with Gasteiger partial charge >= 0.3 is 0 Å². The first-order valence-electron chi connectivity index (χ1n) is 4.20. The third-order valence-corrected chi connectivity index (χ3v) is 2.81. The zero-order valence-corrected chi connectivity index (χ0v) is 8.25. The van der Waals surface area contributed by atoms with Crippen molar-refractivity contribution in [3.63, 3.8) is 0 Å². The largest absolute Gasteiger partial charge is 0.362 e. The Bertz CT molecular complexity index is 331. The number of morpholine rings is 1. The number of rotatable bonds is 2. The van der Waals surface area contributed by atoms with Crippen LogP contribution in [0.4, 0.5) is 0 Å². The predicted molar refractivity (Wildman–Crippen MR) is 50.7 cm³/mol. The lowest BCUT2D eigenvalue weighted by atomic mass is 10.3. The Morgan fingerprint density at radius 3 is 2.64 bits per heavy atom. The summed E-state index contributed by atoms with van der Waals surface area (Å²) in [6.45, 7) is 0.396. The Morgan fingerprint density at radius 2 is 2.07 bits per heavy atom. The molecule has 0 aliphatic carbocycles. The molecule has 2 heterocycles. The molecule has 5 heteroatoms. The van der Waals surface area contributed by atoms with Crippen molar-refractivity contribution in [1.29, 1.82) is 0 Å². The van der Waals surface area contributed by atoms with Crippen LogP contribution < -0.4 is 0 Å². The molecule has 4 nitrogen and oxygen atoms in total. The molecule has 0 unspecified atom stereocenters. The molecule has 2 rings (SSSR count). The van der Waals surface area contributed by atoms with E-state index in [2.05, 4.69) is 0 Å². The van der Waals surface area contributed by atoms with E-state index >= 15 is 0 Å². The fourth-order valence-electron chi connectivity index (χ4n) is 1.26. The normalized spacial score (nSPS) is 17.6. The third-order valence-electron chi connectivity index (χ3n) is 1.95. The van der Waals surface area contributed by atoms with Crippen LogP contribution in [-0.4, -0.2) is 29.9 Å². The van der Waals surface area contributed by atoms with Gasteiger partial charge in [0, 0.05) is 4.88 Å². The summed E-state index contributed by atoms with van der Waals surface area (Å²) in [7, 11) is 0. The molecule has 1 saturated heterocycles. The molecule has 0 radical (unpaired) electrons. The van der Waals surface area contributed by atoms with Crippen molar-refractivity contribution in [2.45, 2.75) is 6.54 Å². The van der Waals surface area contributed by atoms with Gasteiger partial charge in [-0.25, -0.2) is 0 Å². The average molecular weight is 211 g/mol. The Labute approximate surface area is 85.1 Å². The number of ether oxygens (including phenoxy) is 1. The molecule has 0 aromatic carbocycles. The molecule has 1 fully saturated rings. The van der Waals surface area contributed by atoms with Gasteiger partial charge in [0.25, 0.3) is 11.8 Å². The summed E-state index contributed by atoms with van der Waals surface area (Å²) in [5, 5.41) is 1.92. The molecule has 1 aromatic rings. The van der Waals surface area contributed by atoms with Gasteiger partial charge in [0.05, 0.1) is 6.54 Å². The van der Waals surface area contributed by atoms with Crippen LogP contribution in [0.15, 0.2) is 17.5 Å².